The van der Waals surface area contributed by atoms with Crippen LogP contribution in [0.15, 0.2) is 39.7 Å². The lowest BCUT2D eigenvalue weighted by molar-refractivity contribution is -0.384. The third kappa shape index (κ3) is 3.02. The van der Waals surface area contributed by atoms with Gasteiger partial charge in [-0.15, -0.1) is 0 Å². The highest BCUT2D eigenvalue weighted by Crippen LogP contribution is 2.31. The lowest BCUT2D eigenvalue weighted by Crippen LogP contribution is -2.17. The molecule has 0 spiro atoms. The summed E-state index contributed by atoms with van der Waals surface area (Å²) in [4.78, 5) is 33.2. The fourth-order valence-electron chi connectivity index (χ4n) is 2.16. The number of imide groups is 1. The Morgan fingerprint density at radius 1 is 1.26 bits per heavy atom. The number of rotatable bonds is 3. The van der Waals surface area contributed by atoms with Crippen LogP contribution < -0.4 is 5.32 Å². The van der Waals surface area contributed by atoms with E-state index in [1.165, 1.54) is 18.2 Å². The van der Waals surface area contributed by atoms with Crippen molar-refractivity contribution in [3.05, 3.63) is 56.7 Å². The van der Waals surface area contributed by atoms with Crippen LogP contribution in [0.3, 0.4) is 0 Å². The van der Waals surface area contributed by atoms with E-state index in [1.807, 2.05) is 0 Å². The molecule has 0 bridgehead atoms. The van der Waals surface area contributed by atoms with E-state index in [1.54, 1.807) is 25.1 Å². The van der Waals surface area contributed by atoms with Gasteiger partial charge in [-0.25, -0.2) is 0 Å². The minimum absolute atomic E-state index is 0.0117. The van der Waals surface area contributed by atoms with Crippen LogP contribution in [-0.4, -0.2) is 16.1 Å². The Bertz CT molecular complexity index is 869. The van der Waals surface area contributed by atoms with Gasteiger partial charge in [0.05, 0.1) is 9.83 Å². The summed E-state index contributed by atoms with van der Waals surface area (Å²) in [6.07, 6.45) is 1.48. The van der Waals surface area contributed by atoms with Gasteiger partial charge in [0, 0.05) is 23.8 Å². The normalized spacial score (nSPS) is 16.0. The lowest BCUT2D eigenvalue weighted by atomic mass is 10.1. The van der Waals surface area contributed by atoms with Gasteiger partial charge in [-0.05, 0) is 42.4 Å². The zero-order chi connectivity index (χ0) is 16.6. The Morgan fingerprint density at radius 3 is 2.65 bits per heavy atom. The molecule has 0 radical (unpaired) electrons. The molecular formula is C15H10N2O5S. The third-order valence-corrected chi connectivity index (χ3v) is 4.04. The van der Waals surface area contributed by atoms with Crippen molar-refractivity contribution < 1.29 is 18.9 Å². The Labute approximate surface area is 134 Å². The number of benzene rings is 1. The van der Waals surface area contributed by atoms with Crippen molar-refractivity contribution in [1.29, 1.82) is 0 Å². The molecule has 0 saturated carbocycles. The highest BCUT2D eigenvalue weighted by atomic mass is 32.2. The second-order valence-corrected chi connectivity index (χ2v) is 5.83. The minimum Gasteiger partial charge on any atom is -0.457 e. The van der Waals surface area contributed by atoms with Crippen LogP contribution in [0.5, 0.6) is 0 Å². The van der Waals surface area contributed by atoms with Crippen molar-refractivity contribution in [2.45, 2.75) is 6.92 Å². The zero-order valence-corrected chi connectivity index (χ0v) is 12.7. The molecule has 2 aromatic rings. The number of furan rings is 1. The second-order valence-electron chi connectivity index (χ2n) is 4.81. The molecule has 2 heterocycles. The molecule has 0 unspecified atom stereocenters. The van der Waals surface area contributed by atoms with Crippen molar-refractivity contribution >= 4 is 34.7 Å². The fraction of sp³-hybridized carbons (Fsp3) is 0.0667. The van der Waals surface area contributed by atoms with Crippen molar-refractivity contribution in [2.75, 3.05) is 0 Å². The average Bonchev–Trinajstić information content (AvgIpc) is 3.06. The maximum absolute atomic E-state index is 11.5. The average molecular weight is 330 g/mol. The first-order valence-electron chi connectivity index (χ1n) is 6.54. The fourth-order valence-corrected chi connectivity index (χ4v) is 2.83. The maximum atomic E-state index is 11.5. The predicted molar refractivity (Wildman–Crippen MR) is 84.6 cm³/mol. The van der Waals surface area contributed by atoms with Gasteiger partial charge in [0.25, 0.3) is 16.8 Å². The smallest absolute Gasteiger partial charge is 0.290 e. The summed E-state index contributed by atoms with van der Waals surface area (Å²) in [5, 5.41) is 12.5. The van der Waals surface area contributed by atoms with Gasteiger partial charge in [0.1, 0.15) is 11.5 Å². The van der Waals surface area contributed by atoms with Gasteiger partial charge in [0.2, 0.25) is 0 Å². The number of non-ortho nitro benzene ring substituents is 1. The molecule has 1 fully saturated rings. The van der Waals surface area contributed by atoms with Crippen LogP contribution in [-0.2, 0) is 4.79 Å². The first kappa shape index (κ1) is 15.0. The molecule has 0 aliphatic carbocycles. The van der Waals surface area contributed by atoms with Gasteiger partial charge in [0.15, 0.2) is 0 Å². The number of amides is 2. The van der Waals surface area contributed by atoms with E-state index in [2.05, 4.69) is 5.32 Å². The minimum atomic E-state index is -0.457. The largest absolute Gasteiger partial charge is 0.457 e. The summed E-state index contributed by atoms with van der Waals surface area (Å²) in [5.41, 5.74) is 1.44. The number of nitrogens with zero attached hydrogens (tertiary/aromatic N) is 1. The molecule has 2 amide bonds. The number of aryl methyl sites for hydroxylation is 1. The molecule has 8 heteroatoms. The van der Waals surface area contributed by atoms with Crippen LogP contribution in [0.2, 0.25) is 0 Å². The molecule has 1 aromatic heterocycles. The number of nitrogens with one attached hydrogen (secondary N) is 1. The van der Waals surface area contributed by atoms with Crippen molar-refractivity contribution in [3.8, 4) is 11.3 Å². The SMILES string of the molecule is Cc1cc([N+](=O)[O-])ccc1-c1ccc(/C=C2/SC(=O)NC2=O)o1. The summed E-state index contributed by atoms with van der Waals surface area (Å²) >= 11 is 0.808. The number of nitro benzene ring substituents is 1. The molecule has 23 heavy (non-hydrogen) atoms. The highest BCUT2D eigenvalue weighted by Gasteiger charge is 2.25. The highest BCUT2D eigenvalue weighted by molar-refractivity contribution is 8.18. The van der Waals surface area contributed by atoms with E-state index < -0.39 is 16.1 Å². The summed E-state index contributed by atoms with van der Waals surface area (Å²) in [7, 11) is 0. The number of thioether (sulfide) groups is 1. The lowest BCUT2D eigenvalue weighted by Gasteiger charge is -2.02. The monoisotopic (exact) mass is 330 g/mol. The number of hydrogen-bond donors (Lipinski definition) is 1. The van der Waals surface area contributed by atoms with Gasteiger partial charge in [-0.2, -0.15) is 0 Å². The molecule has 1 saturated heterocycles. The molecule has 1 aromatic carbocycles. The van der Waals surface area contributed by atoms with Crippen LogP contribution >= 0.6 is 11.8 Å². The molecule has 0 atom stereocenters. The third-order valence-electron chi connectivity index (χ3n) is 3.23. The van der Waals surface area contributed by atoms with Crippen molar-refractivity contribution in [3.63, 3.8) is 0 Å². The number of carbonyl (C=O) groups is 2. The van der Waals surface area contributed by atoms with Crippen LogP contribution in [0.1, 0.15) is 11.3 Å². The van der Waals surface area contributed by atoms with E-state index >= 15 is 0 Å². The van der Waals surface area contributed by atoms with Crippen molar-refractivity contribution in [2.24, 2.45) is 0 Å². The van der Waals surface area contributed by atoms with Gasteiger partial charge < -0.3 is 4.42 Å². The van der Waals surface area contributed by atoms with Crippen LogP contribution in [0.25, 0.3) is 17.4 Å². The summed E-state index contributed by atoms with van der Waals surface area (Å²) in [6, 6.07) is 7.86. The van der Waals surface area contributed by atoms with Crippen molar-refractivity contribution in [1.82, 2.24) is 5.32 Å². The first-order valence-corrected chi connectivity index (χ1v) is 7.36. The van der Waals surface area contributed by atoms with Gasteiger partial charge in [-0.3, -0.25) is 25.0 Å². The van der Waals surface area contributed by atoms with Gasteiger partial charge >= 0.3 is 0 Å². The summed E-state index contributed by atoms with van der Waals surface area (Å²) in [5.74, 6) is 0.494. The Balaban J connectivity index is 1.91. The molecule has 116 valence electrons. The first-order chi connectivity index (χ1) is 10.9. The predicted octanol–water partition coefficient (Wildman–Crippen LogP) is 3.49. The molecule has 1 aliphatic rings. The maximum Gasteiger partial charge on any atom is 0.290 e. The Morgan fingerprint density at radius 2 is 2.04 bits per heavy atom. The summed E-state index contributed by atoms with van der Waals surface area (Å²) < 4.78 is 5.65. The topological polar surface area (TPSA) is 102 Å². The zero-order valence-electron chi connectivity index (χ0n) is 11.9. The van der Waals surface area contributed by atoms with E-state index in [-0.39, 0.29) is 10.6 Å². The second kappa shape index (κ2) is 5.73. The standard InChI is InChI=1S/C15H10N2O5S/c1-8-6-9(17(20)21)2-4-11(8)12-5-3-10(22-12)7-13-14(18)16-15(19)23-13/h2-7H,1H3,(H,16,18,19)/b13-7+. The number of hydrogen-bond acceptors (Lipinski definition) is 6. The molecule has 1 N–H and O–H groups in total. The Kier molecular flexibility index (Phi) is 3.75. The van der Waals surface area contributed by atoms with Crippen LogP contribution in [0, 0.1) is 17.0 Å². The Hall–Kier alpha value is -2.87. The molecule has 3 rings (SSSR count). The quantitative estimate of drug-likeness (QED) is 0.525. The number of carbonyl (C=O) groups excluding carboxylic acids is 2. The van der Waals surface area contributed by atoms with Gasteiger partial charge in [-0.1, -0.05) is 0 Å². The molecule has 7 nitrogen and oxygen atoms in total. The number of nitro groups is 1. The molecule has 1 aliphatic heterocycles. The van der Waals surface area contributed by atoms with E-state index in [0.717, 1.165) is 17.3 Å². The molecular weight excluding hydrogens is 320 g/mol. The van der Waals surface area contributed by atoms with Crippen LogP contribution in [0.4, 0.5) is 10.5 Å². The van der Waals surface area contributed by atoms with E-state index in [0.29, 0.717) is 17.1 Å². The summed E-state index contributed by atoms with van der Waals surface area (Å²) in [6.45, 7) is 1.75. The van der Waals surface area contributed by atoms with E-state index in [9.17, 15) is 19.7 Å². The van der Waals surface area contributed by atoms with E-state index in [4.69, 9.17) is 4.42 Å².